The smallest absolute Gasteiger partial charge is 0.255 e. The number of rotatable bonds is 5. The van der Waals surface area contributed by atoms with E-state index in [0.29, 0.717) is 23.2 Å². The second-order valence-corrected chi connectivity index (χ2v) is 9.95. The molecule has 0 radical (unpaired) electrons. The third kappa shape index (κ3) is 4.24. The first-order chi connectivity index (χ1) is 15.6. The molecule has 5 nitrogen and oxygen atoms in total. The highest BCUT2D eigenvalue weighted by atomic mass is 35.5. The van der Waals surface area contributed by atoms with Gasteiger partial charge in [-0.2, -0.15) is 0 Å². The van der Waals surface area contributed by atoms with Crippen molar-refractivity contribution in [3.05, 3.63) is 52.0 Å². The highest BCUT2D eigenvalue weighted by Crippen LogP contribution is 2.38. The number of nitrogens with one attached hydrogen (secondary N) is 1. The molecule has 1 saturated carbocycles. The summed E-state index contributed by atoms with van der Waals surface area (Å²) in [4.78, 5) is 18.1. The molecular weight excluding hydrogens is 442 g/mol. The van der Waals surface area contributed by atoms with Crippen LogP contribution in [0.4, 0.5) is 0 Å². The first kappa shape index (κ1) is 21.7. The zero-order chi connectivity index (χ0) is 22.1. The van der Waals surface area contributed by atoms with E-state index in [1.807, 2.05) is 30.3 Å². The fourth-order valence-corrected chi connectivity index (χ4v) is 6.06. The van der Waals surface area contributed by atoms with E-state index in [4.69, 9.17) is 21.3 Å². The van der Waals surface area contributed by atoms with Crippen LogP contribution in [0.2, 0.25) is 5.02 Å². The van der Waals surface area contributed by atoms with Crippen molar-refractivity contribution in [2.24, 2.45) is 0 Å². The number of aromatic nitrogens is 2. The van der Waals surface area contributed by atoms with Gasteiger partial charge in [-0.15, -0.1) is 11.3 Å². The van der Waals surface area contributed by atoms with Gasteiger partial charge in [0.05, 0.1) is 22.0 Å². The molecule has 1 atom stereocenters. The van der Waals surface area contributed by atoms with Crippen LogP contribution in [0.3, 0.4) is 0 Å². The third-order valence-electron chi connectivity index (χ3n) is 6.57. The number of halogens is 1. The first-order valence-electron chi connectivity index (χ1n) is 11.5. The van der Waals surface area contributed by atoms with Crippen molar-refractivity contribution in [3.63, 3.8) is 0 Å². The zero-order valence-electron chi connectivity index (χ0n) is 18.3. The van der Waals surface area contributed by atoms with Gasteiger partial charge < -0.3 is 14.6 Å². The molecule has 2 aliphatic rings. The summed E-state index contributed by atoms with van der Waals surface area (Å²) in [7, 11) is 0. The molecule has 168 valence electrons. The summed E-state index contributed by atoms with van der Waals surface area (Å²) >= 11 is 8.00. The number of nitrogens with zero attached hydrogens (tertiary/aromatic N) is 2. The van der Waals surface area contributed by atoms with Gasteiger partial charge in [-0.05, 0) is 44.7 Å². The van der Waals surface area contributed by atoms with E-state index in [-0.39, 0.29) is 12.1 Å². The molecule has 2 fully saturated rings. The van der Waals surface area contributed by atoms with Gasteiger partial charge in [0.2, 0.25) is 0 Å². The third-order valence-corrected chi connectivity index (χ3v) is 7.77. The summed E-state index contributed by atoms with van der Waals surface area (Å²) in [6.45, 7) is 2.77. The Bertz CT molecular complexity index is 1110. The Morgan fingerprint density at radius 1 is 1.19 bits per heavy atom. The predicted molar refractivity (Wildman–Crippen MR) is 129 cm³/mol. The fraction of sp³-hybridized carbons (Fsp3) is 0.440. The van der Waals surface area contributed by atoms with Crippen molar-refractivity contribution in [1.29, 1.82) is 0 Å². The lowest BCUT2D eigenvalue weighted by Crippen LogP contribution is -2.34. The van der Waals surface area contributed by atoms with E-state index in [2.05, 4.69) is 22.2 Å². The van der Waals surface area contributed by atoms with Gasteiger partial charge in [-0.1, -0.05) is 49.1 Å². The number of carbonyl (C=O) groups is 1. The molecule has 3 heterocycles. The van der Waals surface area contributed by atoms with Crippen molar-refractivity contribution in [2.75, 3.05) is 6.61 Å². The number of amides is 1. The lowest BCUT2D eigenvalue weighted by Gasteiger charge is -2.27. The van der Waals surface area contributed by atoms with Crippen LogP contribution in [0.25, 0.3) is 22.0 Å². The lowest BCUT2D eigenvalue weighted by atomic mass is 9.95. The second kappa shape index (κ2) is 9.38. The molecule has 2 aromatic heterocycles. The summed E-state index contributed by atoms with van der Waals surface area (Å²) in [6.07, 6.45) is 7.67. The number of hydrogen-bond donors (Lipinski definition) is 1. The normalized spacial score (nSPS) is 19.4. The maximum Gasteiger partial charge on any atom is 0.255 e. The number of benzene rings is 1. The summed E-state index contributed by atoms with van der Waals surface area (Å²) in [5, 5.41) is 6.73. The minimum absolute atomic E-state index is 0.0632. The largest absolute Gasteiger partial charge is 0.359 e. The molecule has 0 spiro atoms. The Labute approximate surface area is 197 Å². The average Bonchev–Trinajstić information content (AvgIpc) is 3.55. The van der Waals surface area contributed by atoms with E-state index >= 15 is 0 Å². The molecule has 5 rings (SSSR count). The molecule has 3 aromatic rings. The van der Waals surface area contributed by atoms with Crippen LogP contribution >= 0.6 is 22.9 Å². The number of carbonyl (C=O) groups excluding carboxylic acids is 1. The molecule has 1 aromatic carbocycles. The van der Waals surface area contributed by atoms with Gasteiger partial charge in [0.15, 0.2) is 0 Å². The number of ether oxygens (including phenoxy) is 1. The summed E-state index contributed by atoms with van der Waals surface area (Å²) in [6, 6.07) is 10.2. The fourth-order valence-electron chi connectivity index (χ4n) is 4.92. The minimum Gasteiger partial charge on any atom is -0.359 e. The van der Waals surface area contributed by atoms with E-state index in [9.17, 15) is 4.79 Å². The minimum atomic E-state index is -0.186. The quantitative estimate of drug-likeness (QED) is 0.457. The van der Waals surface area contributed by atoms with Gasteiger partial charge >= 0.3 is 0 Å². The SMILES string of the molecule is Cc1c(C(=O)NC2CCCO2)cc(-c2csc(-c3ccccc3Cl)n2)n1C1CCCCC1. The molecule has 1 saturated heterocycles. The van der Waals surface area contributed by atoms with Crippen molar-refractivity contribution in [3.8, 4) is 22.0 Å². The molecular formula is C25H28ClN3O2S. The van der Waals surface area contributed by atoms with Crippen molar-refractivity contribution < 1.29 is 9.53 Å². The van der Waals surface area contributed by atoms with Crippen LogP contribution in [0.1, 0.15) is 67.0 Å². The lowest BCUT2D eigenvalue weighted by molar-refractivity contribution is 0.0639. The van der Waals surface area contributed by atoms with Gasteiger partial charge in [0, 0.05) is 29.3 Å². The van der Waals surface area contributed by atoms with Crippen molar-refractivity contribution in [1.82, 2.24) is 14.9 Å². The maximum absolute atomic E-state index is 13.1. The monoisotopic (exact) mass is 469 g/mol. The summed E-state index contributed by atoms with van der Waals surface area (Å²) in [5.41, 5.74) is 4.58. The van der Waals surface area contributed by atoms with Gasteiger partial charge in [0.25, 0.3) is 5.91 Å². The zero-order valence-corrected chi connectivity index (χ0v) is 19.8. The summed E-state index contributed by atoms with van der Waals surface area (Å²) in [5.74, 6) is -0.0632. The molecule has 1 amide bonds. The van der Waals surface area contributed by atoms with E-state index in [1.165, 1.54) is 19.3 Å². The standard InChI is InChI=1S/C25H28ClN3O2S/c1-16-19(24(30)28-23-12-7-13-31-23)14-22(29(16)17-8-3-2-4-9-17)21-15-32-25(27-21)18-10-5-6-11-20(18)26/h5-6,10-11,14-15,17,23H,2-4,7-9,12-13H2,1H3,(H,28,30). The highest BCUT2D eigenvalue weighted by Gasteiger charge is 2.27. The first-order valence-corrected chi connectivity index (χ1v) is 12.7. The Hall–Kier alpha value is -2.15. The van der Waals surface area contributed by atoms with Crippen molar-refractivity contribution >= 4 is 28.8 Å². The number of hydrogen-bond acceptors (Lipinski definition) is 4. The van der Waals surface area contributed by atoms with Gasteiger partial charge in [-0.25, -0.2) is 4.98 Å². The van der Waals surface area contributed by atoms with E-state index < -0.39 is 0 Å². The van der Waals surface area contributed by atoms with Crippen LogP contribution in [-0.2, 0) is 4.74 Å². The van der Waals surface area contributed by atoms with Gasteiger partial charge in [-0.3, -0.25) is 4.79 Å². The Morgan fingerprint density at radius 2 is 2.00 bits per heavy atom. The average molecular weight is 470 g/mol. The molecule has 1 aliphatic carbocycles. The van der Waals surface area contributed by atoms with Gasteiger partial charge in [0.1, 0.15) is 11.2 Å². The van der Waals surface area contributed by atoms with Crippen LogP contribution < -0.4 is 5.32 Å². The molecule has 7 heteroatoms. The van der Waals surface area contributed by atoms with Crippen LogP contribution in [0.5, 0.6) is 0 Å². The summed E-state index contributed by atoms with van der Waals surface area (Å²) < 4.78 is 7.98. The number of thiazole rings is 1. The predicted octanol–water partition coefficient (Wildman–Crippen LogP) is 6.61. The molecule has 0 bridgehead atoms. The van der Waals surface area contributed by atoms with Crippen LogP contribution in [-0.4, -0.2) is 28.3 Å². The molecule has 1 aliphatic heterocycles. The highest BCUT2D eigenvalue weighted by molar-refractivity contribution is 7.13. The Kier molecular flexibility index (Phi) is 6.35. The topological polar surface area (TPSA) is 56.1 Å². The van der Waals surface area contributed by atoms with E-state index in [1.54, 1.807) is 11.3 Å². The molecule has 1 N–H and O–H groups in total. The maximum atomic E-state index is 13.1. The molecule has 1 unspecified atom stereocenters. The Morgan fingerprint density at radius 3 is 2.75 bits per heavy atom. The van der Waals surface area contributed by atoms with Crippen LogP contribution in [0.15, 0.2) is 35.7 Å². The van der Waals surface area contributed by atoms with E-state index in [0.717, 1.165) is 53.3 Å². The second-order valence-electron chi connectivity index (χ2n) is 8.68. The molecule has 32 heavy (non-hydrogen) atoms. The Balaban J connectivity index is 1.53. The van der Waals surface area contributed by atoms with Crippen molar-refractivity contribution in [2.45, 2.75) is 64.1 Å². The van der Waals surface area contributed by atoms with Crippen LogP contribution in [0, 0.1) is 6.92 Å².